The lowest BCUT2D eigenvalue weighted by Crippen LogP contribution is -2.32. The molecule has 0 aromatic heterocycles. The van der Waals surface area contributed by atoms with Crippen LogP contribution in [0.25, 0.3) is 0 Å². The maximum atomic E-state index is 10.7. The summed E-state index contributed by atoms with van der Waals surface area (Å²) in [6.45, 7) is 2.42. The van der Waals surface area contributed by atoms with Crippen molar-refractivity contribution in [2.24, 2.45) is 0 Å². The number of aryl methyl sites for hydroxylation is 1. The zero-order valence-electron chi connectivity index (χ0n) is 10.8. The van der Waals surface area contributed by atoms with E-state index in [1.54, 1.807) is 6.07 Å². The van der Waals surface area contributed by atoms with Crippen molar-refractivity contribution in [2.75, 3.05) is 13.2 Å². The van der Waals surface area contributed by atoms with Crippen LogP contribution < -0.4 is 10.1 Å². The van der Waals surface area contributed by atoms with Crippen molar-refractivity contribution >= 4 is 5.69 Å². The van der Waals surface area contributed by atoms with Gasteiger partial charge < -0.3 is 15.2 Å². The summed E-state index contributed by atoms with van der Waals surface area (Å²) in [5.74, 6) is 0.444. The van der Waals surface area contributed by atoms with Gasteiger partial charge >= 0.3 is 0 Å². The highest BCUT2D eigenvalue weighted by Crippen LogP contribution is 2.24. The standard InChI is InChI=1S/C13H18N2O4/c1-9-2-5-11(15(17)18)6-13(9)19-8-12(16)7-14-10-3-4-10/h2,5-6,10,12,14,16H,3-4,7-8H2,1H3. The molecule has 1 aromatic carbocycles. The molecule has 6 heteroatoms. The first-order valence-electron chi connectivity index (χ1n) is 6.35. The van der Waals surface area contributed by atoms with Gasteiger partial charge in [0.05, 0.1) is 11.0 Å². The lowest BCUT2D eigenvalue weighted by molar-refractivity contribution is -0.385. The minimum atomic E-state index is -0.612. The molecule has 0 spiro atoms. The number of rotatable bonds is 7. The monoisotopic (exact) mass is 266 g/mol. The summed E-state index contributed by atoms with van der Waals surface area (Å²) in [6, 6.07) is 5.00. The summed E-state index contributed by atoms with van der Waals surface area (Å²) in [6.07, 6.45) is 1.72. The molecule has 0 heterocycles. The molecular formula is C13H18N2O4. The van der Waals surface area contributed by atoms with Gasteiger partial charge in [0.1, 0.15) is 18.5 Å². The Morgan fingerprint density at radius 2 is 2.32 bits per heavy atom. The van der Waals surface area contributed by atoms with Gasteiger partial charge in [-0.2, -0.15) is 0 Å². The minimum Gasteiger partial charge on any atom is -0.490 e. The number of benzene rings is 1. The second kappa shape index (κ2) is 5.99. The van der Waals surface area contributed by atoms with E-state index in [0.29, 0.717) is 18.3 Å². The minimum absolute atomic E-state index is 0.00815. The van der Waals surface area contributed by atoms with Crippen LogP contribution in [0, 0.1) is 17.0 Å². The van der Waals surface area contributed by atoms with Crippen molar-refractivity contribution in [1.29, 1.82) is 0 Å². The van der Waals surface area contributed by atoms with Gasteiger partial charge in [-0.05, 0) is 31.4 Å². The van der Waals surface area contributed by atoms with E-state index >= 15 is 0 Å². The quantitative estimate of drug-likeness (QED) is 0.575. The van der Waals surface area contributed by atoms with Gasteiger partial charge in [-0.3, -0.25) is 10.1 Å². The molecule has 2 rings (SSSR count). The molecule has 1 atom stereocenters. The molecule has 0 aliphatic heterocycles. The number of aliphatic hydroxyl groups is 1. The lowest BCUT2D eigenvalue weighted by Gasteiger charge is -2.14. The summed E-state index contributed by atoms with van der Waals surface area (Å²) in [7, 11) is 0. The maximum Gasteiger partial charge on any atom is 0.273 e. The van der Waals surface area contributed by atoms with Gasteiger partial charge in [0.15, 0.2) is 0 Å². The van der Waals surface area contributed by atoms with Gasteiger partial charge in [0, 0.05) is 18.7 Å². The van der Waals surface area contributed by atoms with Crippen LogP contribution in [0.2, 0.25) is 0 Å². The van der Waals surface area contributed by atoms with E-state index in [-0.39, 0.29) is 12.3 Å². The predicted octanol–water partition coefficient (Wildman–Crippen LogP) is 1.39. The predicted molar refractivity (Wildman–Crippen MR) is 70.4 cm³/mol. The fraction of sp³-hybridized carbons (Fsp3) is 0.538. The molecule has 0 bridgehead atoms. The average molecular weight is 266 g/mol. The van der Waals surface area contributed by atoms with Crippen LogP contribution >= 0.6 is 0 Å². The third-order valence-corrected chi connectivity index (χ3v) is 3.03. The molecule has 1 unspecified atom stereocenters. The Hall–Kier alpha value is -1.66. The molecule has 1 aliphatic rings. The van der Waals surface area contributed by atoms with E-state index in [9.17, 15) is 15.2 Å². The largest absolute Gasteiger partial charge is 0.490 e. The highest BCUT2D eigenvalue weighted by Gasteiger charge is 2.21. The number of hydrogen-bond donors (Lipinski definition) is 2. The molecule has 1 saturated carbocycles. The Labute approximate surface area is 111 Å². The van der Waals surface area contributed by atoms with Crippen LogP contribution in [0.1, 0.15) is 18.4 Å². The first-order valence-corrected chi connectivity index (χ1v) is 6.35. The normalized spacial score (nSPS) is 16.1. The number of ether oxygens (including phenoxy) is 1. The molecule has 0 radical (unpaired) electrons. The van der Waals surface area contributed by atoms with Crippen molar-refractivity contribution < 1.29 is 14.8 Å². The SMILES string of the molecule is Cc1ccc([N+](=O)[O-])cc1OCC(O)CNC1CC1. The molecule has 0 saturated heterocycles. The molecule has 19 heavy (non-hydrogen) atoms. The van der Waals surface area contributed by atoms with E-state index in [1.807, 2.05) is 6.92 Å². The number of non-ortho nitro benzene ring substituents is 1. The van der Waals surface area contributed by atoms with Crippen molar-refractivity contribution in [1.82, 2.24) is 5.32 Å². The second-order valence-electron chi connectivity index (χ2n) is 4.85. The van der Waals surface area contributed by atoms with Crippen molar-refractivity contribution in [2.45, 2.75) is 31.9 Å². The molecule has 2 N–H and O–H groups in total. The van der Waals surface area contributed by atoms with Gasteiger partial charge in [0.2, 0.25) is 0 Å². The van der Waals surface area contributed by atoms with Crippen molar-refractivity contribution in [3.63, 3.8) is 0 Å². The Kier molecular flexibility index (Phi) is 4.34. The third-order valence-electron chi connectivity index (χ3n) is 3.03. The molecule has 104 valence electrons. The maximum absolute atomic E-state index is 10.7. The molecule has 1 aliphatic carbocycles. The Bertz CT molecular complexity index is 460. The third kappa shape index (κ3) is 4.18. The Morgan fingerprint density at radius 1 is 1.58 bits per heavy atom. The molecular weight excluding hydrogens is 248 g/mol. The van der Waals surface area contributed by atoms with Gasteiger partial charge in [-0.1, -0.05) is 0 Å². The fourth-order valence-corrected chi connectivity index (χ4v) is 1.69. The smallest absolute Gasteiger partial charge is 0.273 e. The topological polar surface area (TPSA) is 84.6 Å². The van der Waals surface area contributed by atoms with Gasteiger partial charge in [-0.25, -0.2) is 0 Å². The number of nitrogens with one attached hydrogen (secondary N) is 1. The number of aliphatic hydroxyl groups excluding tert-OH is 1. The second-order valence-corrected chi connectivity index (χ2v) is 4.85. The van der Waals surface area contributed by atoms with E-state index in [2.05, 4.69) is 5.32 Å². The molecule has 1 fully saturated rings. The van der Waals surface area contributed by atoms with E-state index in [1.165, 1.54) is 12.1 Å². The number of hydrogen-bond acceptors (Lipinski definition) is 5. The Balaban J connectivity index is 1.86. The van der Waals surface area contributed by atoms with Crippen LogP contribution in [0.5, 0.6) is 5.75 Å². The summed E-state index contributed by atoms with van der Waals surface area (Å²) >= 11 is 0. The first-order chi connectivity index (χ1) is 9.06. The molecule has 6 nitrogen and oxygen atoms in total. The van der Waals surface area contributed by atoms with Crippen molar-refractivity contribution in [3.05, 3.63) is 33.9 Å². The number of nitrogens with zero attached hydrogens (tertiary/aromatic N) is 1. The zero-order chi connectivity index (χ0) is 13.8. The zero-order valence-corrected chi connectivity index (χ0v) is 10.8. The van der Waals surface area contributed by atoms with Crippen LogP contribution in [0.3, 0.4) is 0 Å². The highest BCUT2D eigenvalue weighted by atomic mass is 16.6. The average Bonchev–Trinajstić information content (AvgIpc) is 3.19. The summed E-state index contributed by atoms with van der Waals surface area (Å²) in [4.78, 5) is 10.2. The molecule has 1 aromatic rings. The van der Waals surface area contributed by atoms with Gasteiger partial charge in [-0.15, -0.1) is 0 Å². The van der Waals surface area contributed by atoms with E-state index in [4.69, 9.17) is 4.74 Å². The van der Waals surface area contributed by atoms with Crippen LogP contribution in [-0.4, -0.2) is 35.3 Å². The van der Waals surface area contributed by atoms with Crippen LogP contribution in [0.15, 0.2) is 18.2 Å². The fourth-order valence-electron chi connectivity index (χ4n) is 1.69. The number of nitro groups is 1. The van der Waals surface area contributed by atoms with E-state index < -0.39 is 11.0 Å². The number of nitro benzene ring substituents is 1. The molecule has 0 amide bonds. The summed E-state index contributed by atoms with van der Waals surface area (Å²) in [5.41, 5.74) is 0.805. The lowest BCUT2D eigenvalue weighted by atomic mass is 10.2. The van der Waals surface area contributed by atoms with Crippen LogP contribution in [-0.2, 0) is 0 Å². The Morgan fingerprint density at radius 3 is 2.95 bits per heavy atom. The van der Waals surface area contributed by atoms with Crippen LogP contribution in [0.4, 0.5) is 5.69 Å². The van der Waals surface area contributed by atoms with Gasteiger partial charge in [0.25, 0.3) is 5.69 Å². The summed E-state index contributed by atoms with van der Waals surface area (Å²) in [5, 5.41) is 23.6. The van der Waals surface area contributed by atoms with Crippen molar-refractivity contribution in [3.8, 4) is 5.75 Å². The summed E-state index contributed by atoms with van der Waals surface area (Å²) < 4.78 is 5.45. The van der Waals surface area contributed by atoms with E-state index in [0.717, 1.165) is 18.4 Å². The first kappa shape index (κ1) is 13.8. The highest BCUT2D eigenvalue weighted by molar-refractivity contribution is 5.43.